The van der Waals surface area contributed by atoms with E-state index in [0.29, 0.717) is 24.7 Å². The van der Waals surface area contributed by atoms with E-state index in [9.17, 15) is 4.79 Å². The summed E-state index contributed by atoms with van der Waals surface area (Å²) in [7, 11) is 2.98. The van der Waals surface area contributed by atoms with Crippen LogP contribution in [0.1, 0.15) is 6.42 Å². The Bertz CT molecular complexity index is 415. The molecule has 2 heterocycles. The van der Waals surface area contributed by atoms with E-state index in [1.165, 1.54) is 19.1 Å². The van der Waals surface area contributed by atoms with Crippen molar-refractivity contribution in [3.8, 4) is 11.8 Å². The van der Waals surface area contributed by atoms with Crippen LogP contribution >= 0.6 is 0 Å². The summed E-state index contributed by atoms with van der Waals surface area (Å²) in [5.74, 6) is 0.868. The Labute approximate surface area is 98.5 Å². The van der Waals surface area contributed by atoms with Crippen LogP contribution in [0.4, 0.5) is 5.95 Å². The molecule has 2 N–H and O–H groups in total. The number of hydrogen-bond acceptors (Lipinski definition) is 6. The molecule has 1 saturated heterocycles. The van der Waals surface area contributed by atoms with Crippen molar-refractivity contribution in [3.05, 3.63) is 6.07 Å². The van der Waals surface area contributed by atoms with E-state index in [-0.39, 0.29) is 17.9 Å². The van der Waals surface area contributed by atoms with Crippen LogP contribution in [0.15, 0.2) is 6.07 Å². The third kappa shape index (κ3) is 2.28. The average molecular weight is 238 g/mol. The highest BCUT2D eigenvalue weighted by atomic mass is 16.5. The van der Waals surface area contributed by atoms with Crippen molar-refractivity contribution in [3.63, 3.8) is 0 Å². The third-order valence-electron chi connectivity index (χ3n) is 2.48. The molecule has 1 fully saturated rings. The molecule has 1 aliphatic rings. The van der Waals surface area contributed by atoms with E-state index in [4.69, 9.17) is 15.2 Å². The number of anilines is 1. The summed E-state index contributed by atoms with van der Waals surface area (Å²) in [5.41, 5.74) is 5.71. The molecule has 1 amide bonds. The van der Waals surface area contributed by atoms with Crippen LogP contribution in [-0.4, -0.2) is 42.7 Å². The molecule has 0 aromatic carbocycles. The maximum Gasteiger partial charge on any atom is 0.238 e. The van der Waals surface area contributed by atoms with E-state index >= 15 is 0 Å². The zero-order valence-electron chi connectivity index (χ0n) is 9.71. The fourth-order valence-corrected chi connectivity index (χ4v) is 1.65. The Morgan fingerprint density at radius 3 is 2.35 bits per heavy atom. The van der Waals surface area contributed by atoms with Crippen molar-refractivity contribution >= 4 is 11.9 Å². The van der Waals surface area contributed by atoms with Crippen LogP contribution in [0.25, 0.3) is 0 Å². The summed E-state index contributed by atoms with van der Waals surface area (Å²) in [6.07, 6.45) is 0.308. The van der Waals surface area contributed by atoms with Gasteiger partial charge in [-0.05, 0) is 0 Å². The molecule has 1 atom stereocenters. The molecule has 2 rings (SSSR count). The van der Waals surface area contributed by atoms with Gasteiger partial charge in [0.15, 0.2) is 0 Å². The van der Waals surface area contributed by atoms with Gasteiger partial charge < -0.3 is 15.2 Å². The van der Waals surface area contributed by atoms with Crippen LogP contribution in [-0.2, 0) is 4.79 Å². The third-order valence-corrected chi connectivity index (χ3v) is 2.48. The first-order valence-corrected chi connectivity index (χ1v) is 5.17. The monoisotopic (exact) mass is 238 g/mol. The molecule has 7 nitrogen and oxygen atoms in total. The van der Waals surface area contributed by atoms with E-state index in [0.717, 1.165) is 0 Å². The Morgan fingerprint density at radius 2 is 1.94 bits per heavy atom. The first kappa shape index (κ1) is 11.6. The number of carbonyl (C=O) groups excluding carboxylic acids is 1. The number of aromatic nitrogens is 2. The molecule has 1 aromatic rings. The van der Waals surface area contributed by atoms with E-state index in [2.05, 4.69) is 9.97 Å². The van der Waals surface area contributed by atoms with Crippen molar-refractivity contribution < 1.29 is 14.3 Å². The quantitative estimate of drug-likeness (QED) is 0.767. The molecule has 7 heteroatoms. The number of nitrogens with zero attached hydrogens (tertiary/aromatic N) is 3. The second kappa shape index (κ2) is 4.54. The van der Waals surface area contributed by atoms with Crippen molar-refractivity contribution in [2.45, 2.75) is 12.5 Å². The molecule has 17 heavy (non-hydrogen) atoms. The summed E-state index contributed by atoms with van der Waals surface area (Å²) < 4.78 is 10.0. The minimum absolute atomic E-state index is 0.0900. The maximum absolute atomic E-state index is 11.7. The molecule has 0 spiro atoms. The Hall–Kier alpha value is -1.89. The Morgan fingerprint density at radius 1 is 1.35 bits per heavy atom. The minimum Gasteiger partial charge on any atom is -0.481 e. The highest BCUT2D eigenvalue weighted by Crippen LogP contribution is 2.23. The molecule has 1 aliphatic heterocycles. The van der Waals surface area contributed by atoms with Gasteiger partial charge in [0.1, 0.15) is 0 Å². The van der Waals surface area contributed by atoms with Gasteiger partial charge in [-0.3, -0.25) is 9.69 Å². The smallest absolute Gasteiger partial charge is 0.238 e. The summed E-state index contributed by atoms with van der Waals surface area (Å²) in [5, 5.41) is 0. The summed E-state index contributed by atoms with van der Waals surface area (Å²) in [6, 6.07) is 1.37. The number of hydrogen-bond donors (Lipinski definition) is 1. The number of rotatable bonds is 3. The number of nitrogens with two attached hydrogens (primary N) is 1. The fraction of sp³-hybridized carbons (Fsp3) is 0.500. The molecule has 92 valence electrons. The molecular formula is C10H14N4O3. The van der Waals surface area contributed by atoms with E-state index in [1.807, 2.05) is 0 Å². The van der Waals surface area contributed by atoms with Gasteiger partial charge >= 0.3 is 0 Å². The topological polar surface area (TPSA) is 90.6 Å². The predicted octanol–water partition coefficient (Wildman–Crippen LogP) is -0.442. The fourth-order valence-electron chi connectivity index (χ4n) is 1.65. The first-order valence-electron chi connectivity index (χ1n) is 5.17. The molecule has 1 aromatic heterocycles. The predicted molar refractivity (Wildman–Crippen MR) is 60.1 cm³/mol. The van der Waals surface area contributed by atoms with Crippen molar-refractivity contribution in [2.24, 2.45) is 5.73 Å². The van der Waals surface area contributed by atoms with Gasteiger partial charge in [0.2, 0.25) is 23.6 Å². The number of methoxy groups -OCH3 is 2. The van der Waals surface area contributed by atoms with Gasteiger partial charge in [0.25, 0.3) is 0 Å². The van der Waals surface area contributed by atoms with E-state index in [1.54, 1.807) is 6.07 Å². The van der Waals surface area contributed by atoms with Gasteiger partial charge in [-0.25, -0.2) is 0 Å². The standard InChI is InChI=1S/C10H14N4O3/c1-16-7-4-8(17-2)13-10(12-7)14-5-6(11)3-9(14)15/h4,6H,3,5,11H2,1-2H3. The van der Waals surface area contributed by atoms with Crippen molar-refractivity contribution in [1.29, 1.82) is 0 Å². The normalized spacial score (nSPS) is 19.6. The van der Waals surface area contributed by atoms with Gasteiger partial charge in [-0.1, -0.05) is 0 Å². The van der Waals surface area contributed by atoms with Crippen LogP contribution in [0, 0.1) is 0 Å². The lowest BCUT2D eigenvalue weighted by molar-refractivity contribution is -0.117. The zero-order chi connectivity index (χ0) is 12.4. The summed E-state index contributed by atoms with van der Waals surface area (Å²) >= 11 is 0. The molecule has 0 aliphatic carbocycles. The zero-order valence-corrected chi connectivity index (χ0v) is 9.71. The second-order valence-electron chi connectivity index (χ2n) is 3.72. The lowest BCUT2D eigenvalue weighted by atomic mass is 10.3. The van der Waals surface area contributed by atoms with Crippen molar-refractivity contribution in [2.75, 3.05) is 25.7 Å². The lowest BCUT2D eigenvalue weighted by Gasteiger charge is -2.15. The Kier molecular flexibility index (Phi) is 3.10. The van der Waals surface area contributed by atoms with Crippen LogP contribution < -0.4 is 20.1 Å². The molecule has 1 unspecified atom stereocenters. The molecule has 0 radical (unpaired) electrons. The number of amides is 1. The van der Waals surface area contributed by atoms with Gasteiger partial charge in [-0.2, -0.15) is 9.97 Å². The highest BCUT2D eigenvalue weighted by Gasteiger charge is 2.30. The SMILES string of the molecule is COc1cc(OC)nc(N2CC(N)CC2=O)n1. The first-order chi connectivity index (χ1) is 8.13. The lowest BCUT2D eigenvalue weighted by Crippen LogP contribution is -2.29. The molecule has 0 saturated carbocycles. The largest absolute Gasteiger partial charge is 0.481 e. The molecule has 0 bridgehead atoms. The summed E-state index contributed by atoms with van der Waals surface area (Å²) in [6.45, 7) is 0.412. The van der Waals surface area contributed by atoms with Crippen LogP contribution in [0.2, 0.25) is 0 Å². The minimum atomic E-state index is -0.178. The van der Waals surface area contributed by atoms with Crippen LogP contribution in [0.3, 0.4) is 0 Å². The Balaban J connectivity index is 2.34. The van der Waals surface area contributed by atoms with E-state index < -0.39 is 0 Å². The number of ether oxygens (including phenoxy) is 2. The second-order valence-corrected chi connectivity index (χ2v) is 3.72. The summed E-state index contributed by atoms with van der Waals surface area (Å²) in [4.78, 5) is 21.3. The average Bonchev–Trinajstić information content (AvgIpc) is 2.67. The van der Waals surface area contributed by atoms with Gasteiger partial charge in [-0.15, -0.1) is 0 Å². The highest BCUT2D eigenvalue weighted by molar-refractivity contribution is 5.94. The van der Waals surface area contributed by atoms with Gasteiger partial charge in [0, 0.05) is 19.0 Å². The van der Waals surface area contributed by atoms with Gasteiger partial charge in [0.05, 0.1) is 20.3 Å². The maximum atomic E-state index is 11.7. The number of carbonyl (C=O) groups is 1. The van der Waals surface area contributed by atoms with Crippen LogP contribution in [0.5, 0.6) is 11.8 Å². The van der Waals surface area contributed by atoms with Crippen molar-refractivity contribution in [1.82, 2.24) is 9.97 Å². The molecular weight excluding hydrogens is 224 g/mol.